The average molecular weight is 464 g/mol. The van der Waals surface area contributed by atoms with Crippen molar-refractivity contribution < 1.29 is 8.42 Å². The highest BCUT2D eigenvalue weighted by Gasteiger charge is 2.28. The number of aromatic nitrogens is 1. The van der Waals surface area contributed by atoms with Gasteiger partial charge in [0.2, 0.25) is 10.0 Å². The van der Waals surface area contributed by atoms with E-state index < -0.39 is 10.0 Å². The number of piperazine rings is 1. The molecule has 0 aliphatic carbocycles. The van der Waals surface area contributed by atoms with Gasteiger partial charge in [0.1, 0.15) is 5.82 Å². The number of sulfonamides is 1. The highest BCUT2D eigenvalue weighted by molar-refractivity contribution is 14.1. The number of benzene rings is 1. The summed E-state index contributed by atoms with van der Waals surface area (Å²) in [5, 5.41) is 0.526. The minimum atomic E-state index is -3.46. The number of rotatable bonds is 3. The van der Waals surface area contributed by atoms with Gasteiger partial charge < -0.3 is 4.90 Å². The zero-order valence-electron chi connectivity index (χ0n) is 12.2. The first-order valence-electron chi connectivity index (χ1n) is 7.09. The van der Waals surface area contributed by atoms with E-state index >= 15 is 0 Å². The summed E-state index contributed by atoms with van der Waals surface area (Å²) in [5.74, 6) is 0.883. The number of halogens is 2. The van der Waals surface area contributed by atoms with Crippen LogP contribution in [0.2, 0.25) is 5.02 Å². The lowest BCUT2D eigenvalue weighted by Crippen LogP contribution is -2.48. The molecule has 1 fully saturated rings. The number of hydrogen-bond acceptors (Lipinski definition) is 4. The molecular weight excluding hydrogens is 449 g/mol. The van der Waals surface area contributed by atoms with Gasteiger partial charge in [0, 0.05) is 41.0 Å². The van der Waals surface area contributed by atoms with Crippen LogP contribution in [0.3, 0.4) is 0 Å². The van der Waals surface area contributed by atoms with Crippen LogP contribution in [0.1, 0.15) is 0 Å². The van der Waals surface area contributed by atoms with Crippen molar-refractivity contribution in [2.75, 3.05) is 31.1 Å². The Bertz CT molecular complexity index is 773. The molecule has 1 aliphatic heterocycles. The highest BCUT2D eigenvalue weighted by atomic mass is 127. The third kappa shape index (κ3) is 3.78. The van der Waals surface area contributed by atoms with E-state index in [-0.39, 0.29) is 4.90 Å². The van der Waals surface area contributed by atoms with Crippen molar-refractivity contribution in [2.24, 2.45) is 0 Å². The minimum Gasteiger partial charge on any atom is -0.354 e. The molecule has 2 aromatic rings. The molecule has 5 nitrogen and oxygen atoms in total. The van der Waals surface area contributed by atoms with Gasteiger partial charge in [-0.05, 0) is 59.0 Å². The first-order chi connectivity index (χ1) is 11.0. The van der Waals surface area contributed by atoms with Gasteiger partial charge in [-0.15, -0.1) is 0 Å². The van der Waals surface area contributed by atoms with Gasteiger partial charge in [-0.3, -0.25) is 0 Å². The van der Waals surface area contributed by atoms with Gasteiger partial charge in [-0.25, -0.2) is 13.4 Å². The van der Waals surface area contributed by atoms with Crippen molar-refractivity contribution >= 4 is 50.0 Å². The zero-order valence-corrected chi connectivity index (χ0v) is 15.9. The molecule has 1 saturated heterocycles. The summed E-state index contributed by atoms with van der Waals surface area (Å²) in [5.41, 5.74) is 0. The van der Waals surface area contributed by atoms with Crippen molar-refractivity contribution in [1.82, 2.24) is 9.29 Å². The minimum absolute atomic E-state index is 0.280. The number of pyridine rings is 1. The lowest BCUT2D eigenvalue weighted by molar-refractivity contribution is 0.384. The maximum absolute atomic E-state index is 12.6. The summed E-state index contributed by atoms with van der Waals surface area (Å²) in [6.45, 7) is 2.14. The van der Waals surface area contributed by atoms with Gasteiger partial charge in [-0.1, -0.05) is 11.6 Å². The summed E-state index contributed by atoms with van der Waals surface area (Å²) >= 11 is 8.03. The Labute approximate surface area is 154 Å². The van der Waals surface area contributed by atoms with E-state index in [4.69, 9.17) is 11.6 Å². The molecule has 122 valence electrons. The summed E-state index contributed by atoms with van der Waals surface area (Å²) < 4.78 is 27.9. The number of hydrogen-bond donors (Lipinski definition) is 0. The maximum Gasteiger partial charge on any atom is 0.243 e. The van der Waals surface area contributed by atoms with E-state index in [0.29, 0.717) is 31.2 Å². The third-order valence-corrected chi connectivity index (χ3v) is 6.53. The first kappa shape index (κ1) is 16.9. The van der Waals surface area contributed by atoms with Crippen LogP contribution in [-0.2, 0) is 10.0 Å². The molecule has 0 unspecified atom stereocenters. The summed E-state index contributed by atoms with van der Waals surface area (Å²) in [4.78, 5) is 6.77. The highest BCUT2D eigenvalue weighted by Crippen LogP contribution is 2.21. The zero-order chi connectivity index (χ0) is 16.4. The molecule has 0 N–H and O–H groups in total. The molecular formula is C15H15ClIN3O2S. The van der Waals surface area contributed by atoms with Gasteiger partial charge in [0.05, 0.1) is 4.90 Å². The van der Waals surface area contributed by atoms with Crippen molar-refractivity contribution in [3.8, 4) is 0 Å². The van der Waals surface area contributed by atoms with Crippen LogP contribution < -0.4 is 4.90 Å². The summed E-state index contributed by atoms with van der Waals surface area (Å²) in [6.07, 6.45) is 1.81. The van der Waals surface area contributed by atoms with Gasteiger partial charge in [-0.2, -0.15) is 4.31 Å². The van der Waals surface area contributed by atoms with Gasteiger partial charge in [0.25, 0.3) is 0 Å². The predicted octanol–water partition coefficient (Wildman–Crippen LogP) is 2.85. The second kappa shape index (κ2) is 6.92. The van der Waals surface area contributed by atoms with Crippen molar-refractivity contribution in [1.29, 1.82) is 0 Å². The molecule has 0 bridgehead atoms. The normalized spacial score (nSPS) is 16.5. The van der Waals surface area contributed by atoms with Crippen LogP contribution in [0.15, 0.2) is 47.5 Å². The molecule has 3 rings (SSSR count). The molecule has 1 aromatic heterocycles. The molecule has 0 saturated carbocycles. The second-order valence-electron chi connectivity index (χ2n) is 5.18. The maximum atomic E-state index is 12.6. The number of anilines is 1. The Morgan fingerprint density at radius 3 is 2.22 bits per heavy atom. The molecule has 0 radical (unpaired) electrons. The molecule has 1 aromatic carbocycles. The number of nitrogens with zero attached hydrogens (tertiary/aromatic N) is 3. The fourth-order valence-electron chi connectivity index (χ4n) is 2.47. The Morgan fingerprint density at radius 1 is 1.00 bits per heavy atom. The van der Waals surface area contributed by atoms with Gasteiger partial charge in [0.15, 0.2) is 0 Å². The summed E-state index contributed by atoms with van der Waals surface area (Å²) in [6, 6.07) is 10.3. The Morgan fingerprint density at radius 2 is 1.65 bits per heavy atom. The van der Waals surface area contributed by atoms with Crippen LogP contribution in [0.4, 0.5) is 5.82 Å². The van der Waals surface area contributed by atoms with E-state index in [1.807, 2.05) is 18.3 Å². The largest absolute Gasteiger partial charge is 0.354 e. The molecule has 8 heteroatoms. The smallest absolute Gasteiger partial charge is 0.243 e. The standard InChI is InChI=1S/C15H15ClIN3O2S/c16-12-1-4-14(5-2-12)23(21,22)20-9-7-19(8-10-20)15-6-3-13(17)11-18-15/h1-6,11H,7-10H2. The van der Waals surface area contributed by atoms with E-state index in [9.17, 15) is 8.42 Å². The van der Waals surface area contributed by atoms with Crippen LogP contribution in [0.5, 0.6) is 0 Å². The van der Waals surface area contributed by atoms with Crippen LogP contribution >= 0.6 is 34.2 Å². The van der Waals surface area contributed by atoms with Crippen molar-refractivity contribution in [3.05, 3.63) is 51.2 Å². The quantitative estimate of drug-likeness (QED) is 0.657. The van der Waals surface area contributed by atoms with E-state index in [2.05, 4.69) is 32.5 Å². The third-order valence-electron chi connectivity index (χ3n) is 3.73. The fourth-order valence-corrected chi connectivity index (χ4v) is 4.34. The second-order valence-corrected chi connectivity index (χ2v) is 8.80. The average Bonchev–Trinajstić information content (AvgIpc) is 2.56. The van der Waals surface area contributed by atoms with Crippen LogP contribution in [-0.4, -0.2) is 43.9 Å². The molecule has 0 spiro atoms. The van der Waals surface area contributed by atoms with Gasteiger partial charge >= 0.3 is 0 Å². The van der Waals surface area contributed by atoms with Crippen LogP contribution in [0.25, 0.3) is 0 Å². The van der Waals surface area contributed by atoms with E-state index in [1.54, 1.807) is 24.3 Å². The lowest BCUT2D eigenvalue weighted by atomic mass is 10.3. The Hall–Kier alpha value is -0.900. The molecule has 23 heavy (non-hydrogen) atoms. The van der Waals surface area contributed by atoms with E-state index in [0.717, 1.165) is 9.39 Å². The summed E-state index contributed by atoms with van der Waals surface area (Å²) in [7, 11) is -3.46. The lowest BCUT2D eigenvalue weighted by Gasteiger charge is -2.34. The SMILES string of the molecule is O=S(=O)(c1ccc(Cl)cc1)N1CCN(c2ccc(I)cn2)CC1. The van der Waals surface area contributed by atoms with Crippen molar-refractivity contribution in [3.63, 3.8) is 0 Å². The topological polar surface area (TPSA) is 53.5 Å². The molecule has 2 heterocycles. The van der Waals surface area contributed by atoms with Crippen LogP contribution in [0, 0.1) is 3.57 Å². The molecule has 1 aliphatic rings. The Kier molecular flexibility index (Phi) is 5.10. The Balaban J connectivity index is 1.70. The molecule has 0 amide bonds. The molecule has 0 atom stereocenters. The fraction of sp³-hybridized carbons (Fsp3) is 0.267. The first-order valence-corrected chi connectivity index (χ1v) is 9.99. The monoisotopic (exact) mass is 463 g/mol. The van der Waals surface area contributed by atoms with Crippen molar-refractivity contribution in [2.45, 2.75) is 4.90 Å². The van der Waals surface area contributed by atoms with E-state index in [1.165, 1.54) is 4.31 Å². The predicted molar refractivity (Wildman–Crippen MR) is 99.4 cm³/mol.